The van der Waals surface area contributed by atoms with Gasteiger partial charge in [-0.3, -0.25) is 19.0 Å². The van der Waals surface area contributed by atoms with Crippen LogP contribution >= 0.6 is 11.6 Å². The van der Waals surface area contributed by atoms with E-state index in [2.05, 4.69) is 15.6 Å². The second-order valence-electron chi connectivity index (χ2n) is 9.32. The molecular weight excluding hydrogens is 524 g/mol. The lowest BCUT2D eigenvalue weighted by Crippen LogP contribution is -2.37. The molecule has 0 spiro atoms. The number of H-pyrrole nitrogens is 1. The van der Waals surface area contributed by atoms with E-state index >= 15 is 0 Å². The second-order valence-corrected chi connectivity index (χ2v) is 9.72. The summed E-state index contributed by atoms with van der Waals surface area (Å²) in [6, 6.07) is 29.4. The van der Waals surface area contributed by atoms with E-state index in [4.69, 9.17) is 11.6 Å². The van der Waals surface area contributed by atoms with E-state index in [9.17, 15) is 14.4 Å². The number of nitrogens with zero attached hydrogens (tertiary/aromatic N) is 1. The van der Waals surface area contributed by atoms with Crippen molar-refractivity contribution < 1.29 is 9.59 Å². The predicted molar refractivity (Wildman–Crippen MR) is 158 cm³/mol. The highest BCUT2D eigenvalue weighted by Gasteiger charge is 2.25. The molecule has 2 amide bonds. The van der Waals surface area contributed by atoms with E-state index in [1.165, 1.54) is 10.6 Å². The van der Waals surface area contributed by atoms with Gasteiger partial charge in [-0.05, 0) is 58.8 Å². The van der Waals surface area contributed by atoms with Crippen LogP contribution in [0.2, 0.25) is 5.02 Å². The van der Waals surface area contributed by atoms with Crippen LogP contribution in [0.4, 0.5) is 5.69 Å². The lowest BCUT2D eigenvalue weighted by atomic mass is 9.97. The van der Waals surface area contributed by atoms with Crippen molar-refractivity contribution in [3.8, 4) is 5.69 Å². The molecule has 2 heterocycles. The van der Waals surface area contributed by atoms with Gasteiger partial charge in [-0.2, -0.15) is 0 Å². The predicted octanol–water partition coefficient (Wildman–Crippen LogP) is 6.24. The summed E-state index contributed by atoms with van der Waals surface area (Å²) in [6.07, 6.45) is 3.35. The first kappa shape index (κ1) is 25.2. The molecule has 0 radical (unpaired) electrons. The first-order chi connectivity index (χ1) is 19.5. The van der Waals surface area contributed by atoms with Crippen molar-refractivity contribution in [1.82, 2.24) is 14.9 Å². The number of carbonyl (C=O) groups excluding carboxylic acids is 2. The second kappa shape index (κ2) is 10.6. The van der Waals surface area contributed by atoms with E-state index in [0.29, 0.717) is 27.5 Å². The fraction of sp³-hybridized carbons (Fsp3) is 0.0312. The van der Waals surface area contributed by atoms with Crippen molar-refractivity contribution in [2.45, 2.75) is 6.04 Å². The highest BCUT2D eigenvalue weighted by molar-refractivity contribution is 6.35. The summed E-state index contributed by atoms with van der Waals surface area (Å²) in [5.74, 6) is -0.808. The minimum absolute atomic E-state index is 0.155. The van der Waals surface area contributed by atoms with Crippen molar-refractivity contribution in [2.75, 3.05) is 5.32 Å². The average molecular weight is 547 g/mol. The standard InChI is InChI=1S/C32H23ClN4O3/c33-27-19-34-28-18-21(11-16-26(27)28)31(39)36-30(25-9-5-7-20-6-1-2-8-24(20)25)32(40)35-22-12-14-23(15-13-22)37-17-4-3-10-29(37)38/h1-19,30,34H,(H,35,40)(H,36,39). The number of hydrogen-bond donors (Lipinski definition) is 3. The first-order valence-electron chi connectivity index (χ1n) is 12.6. The minimum atomic E-state index is -0.988. The third kappa shape index (κ3) is 4.86. The van der Waals surface area contributed by atoms with Crippen LogP contribution in [-0.4, -0.2) is 21.4 Å². The molecule has 196 valence electrons. The molecule has 0 saturated carbocycles. The Morgan fingerprint density at radius 3 is 2.42 bits per heavy atom. The van der Waals surface area contributed by atoms with Crippen molar-refractivity contribution in [2.24, 2.45) is 0 Å². The van der Waals surface area contributed by atoms with Crippen LogP contribution in [0, 0.1) is 0 Å². The van der Waals surface area contributed by atoms with Gasteiger partial charge in [-0.15, -0.1) is 0 Å². The fourth-order valence-electron chi connectivity index (χ4n) is 4.79. The molecule has 40 heavy (non-hydrogen) atoms. The molecule has 0 bridgehead atoms. The third-order valence-corrected chi connectivity index (χ3v) is 7.11. The van der Waals surface area contributed by atoms with Gasteiger partial charge in [0, 0.05) is 46.3 Å². The van der Waals surface area contributed by atoms with Gasteiger partial charge in [0.2, 0.25) is 0 Å². The molecule has 1 unspecified atom stereocenters. The SMILES string of the molecule is O=C(NC(C(=O)Nc1ccc(-n2ccccc2=O)cc1)c1cccc2ccccc12)c1ccc2c(Cl)c[nH]c2c1. The summed E-state index contributed by atoms with van der Waals surface area (Å²) in [5, 5.41) is 9.04. The van der Waals surface area contributed by atoms with Crippen LogP contribution in [0.5, 0.6) is 0 Å². The zero-order chi connectivity index (χ0) is 27.6. The maximum atomic E-state index is 13.7. The number of nitrogens with one attached hydrogen (secondary N) is 3. The van der Waals surface area contributed by atoms with Crippen LogP contribution in [0.15, 0.2) is 120 Å². The van der Waals surface area contributed by atoms with Gasteiger partial charge in [0.1, 0.15) is 6.04 Å². The number of fused-ring (bicyclic) bond motifs is 2. The van der Waals surface area contributed by atoms with Gasteiger partial charge < -0.3 is 15.6 Å². The van der Waals surface area contributed by atoms with Crippen LogP contribution in [0.25, 0.3) is 27.4 Å². The first-order valence-corrected chi connectivity index (χ1v) is 13.0. The number of benzene rings is 4. The van der Waals surface area contributed by atoms with E-state index in [0.717, 1.165) is 21.7 Å². The highest BCUT2D eigenvalue weighted by Crippen LogP contribution is 2.27. The Morgan fingerprint density at radius 1 is 0.825 bits per heavy atom. The Labute approximate surface area is 234 Å². The van der Waals surface area contributed by atoms with Gasteiger partial charge in [-0.25, -0.2) is 0 Å². The molecule has 6 aromatic rings. The highest BCUT2D eigenvalue weighted by atomic mass is 35.5. The van der Waals surface area contributed by atoms with E-state index in [1.807, 2.05) is 42.5 Å². The van der Waals surface area contributed by atoms with Gasteiger partial charge >= 0.3 is 0 Å². The maximum Gasteiger partial charge on any atom is 0.255 e. The summed E-state index contributed by atoms with van der Waals surface area (Å²) >= 11 is 6.19. The van der Waals surface area contributed by atoms with E-state index in [1.54, 1.807) is 67.0 Å². The van der Waals surface area contributed by atoms with E-state index < -0.39 is 17.9 Å². The summed E-state index contributed by atoms with van der Waals surface area (Å²) in [7, 11) is 0. The molecule has 8 heteroatoms. The summed E-state index contributed by atoms with van der Waals surface area (Å²) < 4.78 is 1.51. The molecule has 0 aliphatic heterocycles. The molecular formula is C32H23ClN4O3. The molecule has 0 aliphatic carbocycles. The number of aromatic amines is 1. The number of aromatic nitrogens is 2. The minimum Gasteiger partial charge on any atom is -0.360 e. The molecule has 0 aliphatic rings. The zero-order valence-electron chi connectivity index (χ0n) is 21.1. The van der Waals surface area contributed by atoms with Crippen molar-refractivity contribution >= 4 is 50.8 Å². The fourth-order valence-corrected chi connectivity index (χ4v) is 5.01. The molecule has 0 fully saturated rings. The Kier molecular flexibility index (Phi) is 6.64. The van der Waals surface area contributed by atoms with Gasteiger partial charge in [0.15, 0.2) is 0 Å². The van der Waals surface area contributed by atoms with Crippen molar-refractivity contribution in [3.63, 3.8) is 0 Å². The number of pyridine rings is 1. The normalized spacial score (nSPS) is 11.8. The molecule has 7 nitrogen and oxygen atoms in total. The average Bonchev–Trinajstić information content (AvgIpc) is 3.36. The quantitative estimate of drug-likeness (QED) is 0.231. The van der Waals surface area contributed by atoms with Gasteiger partial charge in [0.05, 0.1) is 5.02 Å². The number of carbonyl (C=O) groups is 2. The van der Waals surface area contributed by atoms with Crippen LogP contribution in [-0.2, 0) is 4.79 Å². The Balaban J connectivity index is 1.32. The Hall–Kier alpha value is -5.14. The topological polar surface area (TPSA) is 96.0 Å². The monoisotopic (exact) mass is 546 g/mol. The molecule has 2 aromatic heterocycles. The smallest absolute Gasteiger partial charge is 0.255 e. The lowest BCUT2D eigenvalue weighted by Gasteiger charge is -2.21. The van der Waals surface area contributed by atoms with Crippen molar-refractivity contribution in [1.29, 1.82) is 0 Å². The van der Waals surface area contributed by atoms with Crippen LogP contribution < -0.4 is 16.2 Å². The Bertz CT molecular complexity index is 1940. The number of halogens is 1. The number of hydrogen-bond acceptors (Lipinski definition) is 3. The molecule has 0 saturated heterocycles. The Morgan fingerprint density at radius 2 is 1.60 bits per heavy atom. The molecule has 3 N–H and O–H groups in total. The maximum absolute atomic E-state index is 13.7. The number of anilines is 1. The number of amides is 2. The zero-order valence-corrected chi connectivity index (χ0v) is 21.9. The van der Waals surface area contributed by atoms with Crippen LogP contribution in [0.3, 0.4) is 0 Å². The third-order valence-electron chi connectivity index (χ3n) is 6.80. The molecule has 6 rings (SSSR count). The summed E-state index contributed by atoms with van der Waals surface area (Å²) in [4.78, 5) is 42.4. The van der Waals surface area contributed by atoms with Crippen molar-refractivity contribution in [3.05, 3.63) is 142 Å². The lowest BCUT2D eigenvalue weighted by molar-refractivity contribution is -0.118. The summed E-state index contributed by atoms with van der Waals surface area (Å²) in [5.41, 5.74) is 2.82. The van der Waals surface area contributed by atoms with Gasteiger partial charge in [0.25, 0.3) is 17.4 Å². The van der Waals surface area contributed by atoms with E-state index in [-0.39, 0.29) is 5.56 Å². The van der Waals surface area contributed by atoms with Crippen LogP contribution in [0.1, 0.15) is 22.0 Å². The largest absolute Gasteiger partial charge is 0.360 e. The summed E-state index contributed by atoms with van der Waals surface area (Å²) in [6.45, 7) is 0. The number of rotatable bonds is 6. The molecule has 4 aromatic carbocycles. The molecule has 1 atom stereocenters. The van der Waals surface area contributed by atoms with Gasteiger partial charge in [-0.1, -0.05) is 66.2 Å².